The third-order valence-corrected chi connectivity index (χ3v) is 3.85. The monoisotopic (exact) mass is 242 g/mol. The van der Waals surface area contributed by atoms with Crippen LogP contribution >= 0.6 is 0 Å². The molecular formula is C15H18N2O. The average Bonchev–Trinajstić information content (AvgIpc) is 2.88. The average molecular weight is 242 g/mol. The highest BCUT2D eigenvalue weighted by atomic mass is 16.1. The Morgan fingerprint density at radius 2 is 2.17 bits per heavy atom. The van der Waals surface area contributed by atoms with Crippen LogP contribution in [0.4, 0.5) is 0 Å². The zero-order valence-corrected chi connectivity index (χ0v) is 10.9. The summed E-state index contributed by atoms with van der Waals surface area (Å²) in [6, 6.07) is 8.55. The molecule has 0 saturated carbocycles. The summed E-state index contributed by atoms with van der Waals surface area (Å²) in [7, 11) is 1.86. The lowest BCUT2D eigenvalue weighted by atomic mass is 10.0. The van der Waals surface area contributed by atoms with E-state index in [0.717, 1.165) is 35.9 Å². The molecule has 94 valence electrons. The van der Waals surface area contributed by atoms with Crippen LogP contribution in [0.1, 0.15) is 30.0 Å². The molecule has 1 aliphatic rings. The third kappa shape index (κ3) is 1.75. The highest BCUT2D eigenvalue weighted by molar-refractivity contribution is 5.80. The maximum absolute atomic E-state index is 12.4. The third-order valence-electron chi connectivity index (χ3n) is 3.85. The molecular weight excluding hydrogens is 224 g/mol. The molecule has 2 aromatic rings. The van der Waals surface area contributed by atoms with Gasteiger partial charge in [0.1, 0.15) is 0 Å². The molecule has 1 saturated heterocycles. The van der Waals surface area contributed by atoms with Gasteiger partial charge in [0.2, 0.25) is 0 Å². The summed E-state index contributed by atoms with van der Waals surface area (Å²) in [6.07, 6.45) is 2.21. The van der Waals surface area contributed by atoms with Gasteiger partial charge in [0.15, 0.2) is 0 Å². The predicted octanol–water partition coefficient (Wildman–Crippen LogP) is 2.27. The van der Waals surface area contributed by atoms with Gasteiger partial charge in [-0.1, -0.05) is 12.1 Å². The van der Waals surface area contributed by atoms with E-state index >= 15 is 0 Å². The van der Waals surface area contributed by atoms with Crippen LogP contribution < -0.4 is 10.9 Å². The lowest BCUT2D eigenvalue weighted by Crippen LogP contribution is -2.27. The molecule has 1 aromatic carbocycles. The van der Waals surface area contributed by atoms with Gasteiger partial charge >= 0.3 is 0 Å². The molecule has 1 fully saturated rings. The Bertz CT molecular complexity index is 651. The Morgan fingerprint density at radius 1 is 1.33 bits per heavy atom. The number of rotatable bonds is 1. The molecule has 3 rings (SSSR count). The minimum atomic E-state index is 0.132. The van der Waals surface area contributed by atoms with Gasteiger partial charge in [-0.05, 0) is 49.4 Å². The zero-order valence-electron chi connectivity index (χ0n) is 10.9. The standard InChI is InChI=1S/C15H18N2O/c1-10-5-6-11-9-12(13-4-3-7-16-13)15(18)17(2)14(11)8-10/h5-6,8-9,13,16H,3-4,7H2,1-2H3. The summed E-state index contributed by atoms with van der Waals surface area (Å²) in [5.41, 5.74) is 3.24. The van der Waals surface area contributed by atoms with Crippen LogP contribution in [0, 0.1) is 6.92 Å². The van der Waals surface area contributed by atoms with Gasteiger partial charge in [-0.15, -0.1) is 0 Å². The van der Waals surface area contributed by atoms with Crippen molar-refractivity contribution in [1.29, 1.82) is 0 Å². The first-order valence-corrected chi connectivity index (χ1v) is 6.50. The largest absolute Gasteiger partial charge is 0.311 e. The minimum absolute atomic E-state index is 0.132. The Kier molecular flexibility index (Phi) is 2.71. The van der Waals surface area contributed by atoms with Crippen LogP contribution in [0.15, 0.2) is 29.1 Å². The highest BCUT2D eigenvalue weighted by Crippen LogP contribution is 2.23. The summed E-state index contributed by atoms with van der Waals surface area (Å²) in [6.45, 7) is 3.07. The number of fused-ring (bicyclic) bond motifs is 1. The van der Waals surface area contributed by atoms with E-state index in [1.807, 2.05) is 7.05 Å². The summed E-state index contributed by atoms with van der Waals surface area (Å²) < 4.78 is 1.78. The van der Waals surface area contributed by atoms with Crippen molar-refractivity contribution >= 4 is 10.9 Å². The zero-order chi connectivity index (χ0) is 12.7. The molecule has 18 heavy (non-hydrogen) atoms. The fraction of sp³-hybridized carbons (Fsp3) is 0.400. The van der Waals surface area contributed by atoms with E-state index in [2.05, 4.69) is 36.5 Å². The Morgan fingerprint density at radius 3 is 2.89 bits per heavy atom. The van der Waals surface area contributed by atoms with Gasteiger partial charge < -0.3 is 9.88 Å². The minimum Gasteiger partial charge on any atom is -0.311 e. The number of hydrogen-bond donors (Lipinski definition) is 1. The van der Waals surface area contributed by atoms with Crippen molar-refractivity contribution in [1.82, 2.24) is 9.88 Å². The van der Waals surface area contributed by atoms with Gasteiger partial charge in [-0.2, -0.15) is 0 Å². The van der Waals surface area contributed by atoms with Crippen LogP contribution in [-0.2, 0) is 7.05 Å². The van der Waals surface area contributed by atoms with Crippen molar-refractivity contribution in [3.8, 4) is 0 Å². The van der Waals surface area contributed by atoms with Gasteiger partial charge in [0, 0.05) is 18.7 Å². The SMILES string of the molecule is Cc1ccc2cc(C3CCCN3)c(=O)n(C)c2c1. The first kappa shape index (κ1) is 11.5. The number of benzene rings is 1. The molecule has 2 heterocycles. The molecule has 0 bridgehead atoms. The van der Waals surface area contributed by atoms with Gasteiger partial charge in [0.25, 0.3) is 5.56 Å². The summed E-state index contributed by atoms with van der Waals surface area (Å²) in [5.74, 6) is 0. The van der Waals surface area contributed by atoms with E-state index in [1.165, 1.54) is 5.56 Å². The molecule has 1 unspecified atom stereocenters. The fourth-order valence-electron chi connectivity index (χ4n) is 2.80. The van der Waals surface area contributed by atoms with E-state index in [0.29, 0.717) is 0 Å². The lowest BCUT2D eigenvalue weighted by Gasteiger charge is -2.14. The molecule has 0 aliphatic carbocycles. The van der Waals surface area contributed by atoms with Gasteiger partial charge in [-0.3, -0.25) is 4.79 Å². The van der Waals surface area contributed by atoms with E-state index in [-0.39, 0.29) is 11.6 Å². The maximum atomic E-state index is 12.4. The molecule has 1 N–H and O–H groups in total. The van der Waals surface area contributed by atoms with E-state index in [1.54, 1.807) is 4.57 Å². The van der Waals surface area contributed by atoms with Crippen molar-refractivity contribution in [2.75, 3.05) is 6.54 Å². The van der Waals surface area contributed by atoms with Crippen LogP contribution in [-0.4, -0.2) is 11.1 Å². The van der Waals surface area contributed by atoms with Crippen molar-refractivity contribution in [3.05, 3.63) is 45.7 Å². The number of aromatic nitrogens is 1. The fourth-order valence-corrected chi connectivity index (χ4v) is 2.80. The Labute approximate surface area is 106 Å². The molecule has 3 heteroatoms. The molecule has 1 aliphatic heterocycles. The van der Waals surface area contributed by atoms with E-state index < -0.39 is 0 Å². The van der Waals surface area contributed by atoms with E-state index in [4.69, 9.17) is 0 Å². The number of nitrogens with zero attached hydrogens (tertiary/aromatic N) is 1. The number of hydrogen-bond acceptors (Lipinski definition) is 2. The normalized spacial score (nSPS) is 19.6. The van der Waals surface area contributed by atoms with Crippen LogP contribution in [0.2, 0.25) is 0 Å². The van der Waals surface area contributed by atoms with Crippen molar-refractivity contribution in [2.24, 2.45) is 7.05 Å². The second-order valence-corrected chi connectivity index (χ2v) is 5.18. The second-order valence-electron chi connectivity index (χ2n) is 5.18. The predicted molar refractivity (Wildman–Crippen MR) is 73.9 cm³/mol. The van der Waals surface area contributed by atoms with Crippen LogP contribution in [0.25, 0.3) is 10.9 Å². The smallest absolute Gasteiger partial charge is 0.255 e. The highest BCUT2D eigenvalue weighted by Gasteiger charge is 2.20. The molecule has 3 nitrogen and oxygen atoms in total. The number of aryl methyl sites for hydroxylation is 2. The lowest BCUT2D eigenvalue weighted by molar-refractivity contribution is 0.633. The number of pyridine rings is 1. The van der Waals surface area contributed by atoms with Crippen LogP contribution in [0.5, 0.6) is 0 Å². The summed E-state index contributed by atoms with van der Waals surface area (Å²) in [5, 5.41) is 4.55. The molecule has 1 atom stereocenters. The summed E-state index contributed by atoms with van der Waals surface area (Å²) in [4.78, 5) is 12.4. The molecule has 0 radical (unpaired) electrons. The first-order chi connectivity index (χ1) is 8.66. The van der Waals surface area contributed by atoms with Gasteiger partial charge in [0.05, 0.1) is 5.52 Å². The number of nitrogens with one attached hydrogen (secondary N) is 1. The van der Waals surface area contributed by atoms with Crippen molar-refractivity contribution in [2.45, 2.75) is 25.8 Å². The quantitative estimate of drug-likeness (QED) is 0.832. The van der Waals surface area contributed by atoms with Crippen molar-refractivity contribution in [3.63, 3.8) is 0 Å². The maximum Gasteiger partial charge on any atom is 0.255 e. The van der Waals surface area contributed by atoms with Gasteiger partial charge in [-0.25, -0.2) is 0 Å². The van der Waals surface area contributed by atoms with E-state index in [9.17, 15) is 4.79 Å². The van der Waals surface area contributed by atoms with Crippen molar-refractivity contribution < 1.29 is 0 Å². The summed E-state index contributed by atoms with van der Waals surface area (Å²) >= 11 is 0. The molecule has 0 spiro atoms. The second kappa shape index (κ2) is 4.25. The Hall–Kier alpha value is -1.61. The topological polar surface area (TPSA) is 34.0 Å². The first-order valence-electron chi connectivity index (χ1n) is 6.50. The molecule has 0 amide bonds. The molecule has 1 aromatic heterocycles. The Balaban J connectivity index is 2.25. The van der Waals surface area contributed by atoms with Crippen LogP contribution in [0.3, 0.4) is 0 Å².